The van der Waals surface area contributed by atoms with Crippen molar-refractivity contribution in [2.24, 2.45) is 0 Å². The second kappa shape index (κ2) is 11.9. The van der Waals surface area contributed by atoms with Crippen LogP contribution in [0.2, 0.25) is 0 Å². The van der Waals surface area contributed by atoms with Crippen LogP contribution in [0.1, 0.15) is 49.4 Å². The summed E-state index contributed by atoms with van der Waals surface area (Å²) in [5.41, 5.74) is 4.50. The van der Waals surface area contributed by atoms with Crippen LogP contribution in [0.25, 0.3) is 0 Å². The molecule has 0 aliphatic carbocycles. The Kier molecular flexibility index (Phi) is 9.26. The maximum atomic E-state index is 13.5. The van der Waals surface area contributed by atoms with Gasteiger partial charge in [0.05, 0.1) is 6.54 Å². The lowest BCUT2D eigenvalue weighted by atomic mass is 10.1. The molecule has 0 bridgehead atoms. The molecule has 4 heteroatoms. The summed E-state index contributed by atoms with van der Waals surface area (Å²) in [4.78, 5) is 13.5. The second-order valence-electron chi connectivity index (χ2n) is 7.59. The number of aromatic hydroxyl groups is 1. The van der Waals surface area contributed by atoms with Gasteiger partial charge in [-0.25, -0.2) is 4.39 Å². The van der Waals surface area contributed by atoms with Gasteiger partial charge in [0, 0.05) is 18.2 Å². The van der Waals surface area contributed by atoms with Gasteiger partial charge in [-0.1, -0.05) is 68.8 Å². The Morgan fingerprint density at radius 3 is 2.29 bits per heavy atom. The number of aryl methyl sites for hydroxylation is 3. The highest BCUT2D eigenvalue weighted by Gasteiger charge is 2.17. The third-order valence-corrected chi connectivity index (χ3v) is 5.10. The quantitative estimate of drug-likeness (QED) is 0.487. The first-order chi connectivity index (χ1) is 14.8. The molecular formula is C27H32FNO2. The molecule has 0 aliphatic heterocycles. The van der Waals surface area contributed by atoms with Gasteiger partial charge >= 0.3 is 0 Å². The van der Waals surface area contributed by atoms with E-state index >= 15 is 0 Å². The van der Waals surface area contributed by atoms with Gasteiger partial charge in [0.1, 0.15) is 11.6 Å². The lowest BCUT2D eigenvalue weighted by molar-refractivity contribution is -0.116. The van der Waals surface area contributed by atoms with Gasteiger partial charge < -0.3 is 10.0 Å². The van der Waals surface area contributed by atoms with Crippen LogP contribution in [-0.4, -0.2) is 11.0 Å². The summed E-state index contributed by atoms with van der Waals surface area (Å²) in [5.74, 6) is -0.453. The highest BCUT2D eigenvalue weighted by molar-refractivity contribution is 5.92. The van der Waals surface area contributed by atoms with Crippen molar-refractivity contribution in [1.82, 2.24) is 0 Å². The molecule has 1 N–H and O–H groups in total. The van der Waals surface area contributed by atoms with Gasteiger partial charge in [0.25, 0.3) is 0 Å². The fourth-order valence-corrected chi connectivity index (χ4v) is 3.33. The Morgan fingerprint density at radius 1 is 0.968 bits per heavy atom. The fourth-order valence-electron chi connectivity index (χ4n) is 3.33. The number of phenols is 1. The first-order valence-electron chi connectivity index (χ1n) is 10.7. The van der Waals surface area contributed by atoms with E-state index in [1.807, 2.05) is 26.0 Å². The van der Waals surface area contributed by atoms with E-state index in [2.05, 4.69) is 37.3 Å². The van der Waals surface area contributed by atoms with Crippen LogP contribution in [0.4, 0.5) is 10.1 Å². The molecule has 3 rings (SSSR count). The number of hydrogen-bond donors (Lipinski definition) is 1. The van der Waals surface area contributed by atoms with E-state index in [9.17, 15) is 14.3 Å². The Morgan fingerprint density at radius 2 is 1.68 bits per heavy atom. The maximum absolute atomic E-state index is 13.5. The zero-order valence-corrected chi connectivity index (χ0v) is 18.9. The molecule has 3 nitrogen and oxygen atoms in total. The van der Waals surface area contributed by atoms with Crippen LogP contribution in [0, 0.1) is 12.7 Å². The van der Waals surface area contributed by atoms with E-state index in [0.717, 1.165) is 17.5 Å². The Balaban J connectivity index is 0.000000316. The molecule has 0 saturated carbocycles. The molecule has 0 aromatic heterocycles. The molecule has 0 spiro atoms. The molecule has 3 aromatic carbocycles. The molecule has 0 unspecified atom stereocenters. The number of hydrogen-bond acceptors (Lipinski definition) is 2. The highest BCUT2D eigenvalue weighted by atomic mass is 19.1. The molecule has 0 radical (unpaired) electrons. The van der Waals surface area contributed by atoms with Gasteiger partial charge in [0.15, 0.2) is 0 Å². The predicted octanol–water partition coefficient (Wildman–Crippen LogP) is 6.59. The first kappa shape index (κ1) is 24.1. The number of nitrogens with zero attached hydrogens (tertiary/aromatic N) is 1. The topological polar surface area (TPSA) is 40.5 Å². The monoisotopic (exact) mass is 421 g/mol. The minimum atomic E-state index is -0.390. The third kappa shape index (κ3) is 7.25. The molecule has 1 amide bonds. The smallest absolute Gasteiger partial charge is 0.224 e. The molecular weight excluding hydrogens is 389 g/mol. The van der Waals surface area contributed by atoms with Crippen LogP contribution >= 0.6 is 0 Å². The highest BCUT2D eigenvalue weighted by Crippen LogP contribution is 2.27. The van der Waals surface area contributed by atoms with Crippen LogP contribution in [-0.2, 0) is 24.2 Å². The van der Waals surface area contributed by atoms with Crippen molar-refractivity contribution >= 4 is 11.6 Å². The van der Waals surface area contributed by atoms with Crippen molar-refractivity contribution < 1.29 is 14.3 Å². The summed E-state index contributed by atoms with van der Waals surface area (Å²) in [5, 5.41) is 10.0. The number of phenolic OH excluding ortho intramolecular Hbond substituents is 1. The van der Waals surface area contributed by atoms with Crippen LogP contribution in [0.5, 0.6) is 5.75 Å². The number of amides is 1. The van der Waals surface area contributed by atoms with Crippen molar-refractivity contribution in [1.29, 1.82) is 0 Å². The molecule has 0 aliphatic rings. The standard InChI is InChI=1S/C18H20FNO2.C9H12/c1-4-14-6-8-18(22)15(9-14)11-20(13(3)21)17-10-16(19)7-5-12(17)2;1-2-6-9-7-4-3-5-8-9/h5-10,22H,4,11H2,1-3H3;3-5,7-8H,2,6H2,1H3. The third-order valence-electron chi connectivity index (χ3n) is 5.10. The van der Waals surface area contributed by atoms with Crippen LogP contribution < -0.4 is 4.90 Å². The van der Waals surface area contributed by atoms with E-state index in [0.29, 0.717) is 11.3 Å². The van der Waals surface area contributed by atoms with Crippen molar-refractivity contribution in [3.63, 3.8) is 0 Å². The average molecular weight is 422 g/mol. The SMILES string of the molecule is CCCc1ccccc1.CCc1ccc(O)c(CN(C(C)=O)c2cc(F)ccc2C)c1. The van der Waals surface area contributed by atoms with Gasteiger partial charge in [-0.2, -0.15) is 0 Å². The van der Waals surface area contributed by atoms with E-state index in [1.54, 1.807) is 12.1 Å². The number of carbonyl (C=O) groups excluding carboxylic acids is 1. The fraction of sp³-hybridized carbons (Fsp3) is 0.296. The lowest BCUT2D eigenvalue weighted by Crippen LogP contribution is -2.28. The Labute approximate surface area is 185 Å². The molecule has 0 fully saturated rings. The average Bonchev–Trinajstić information content (AvgIpc) is 2.76. The molecule has 0 atom stereocenters. The molecule has 31 heavy (non-hydrogen) atoms. The van der Waals surface area contributed by atoms with Crippen LogP contribution in [0.15, 0.2) is 66.7 Å². The Bertz CT molecular complexity index is 986. The lowest BCUT2D eigenvalue weighted by Gasteiger charge is -2.24. The minimum absolute atomic E-state index is 0.137. The predicted molar refractivity (Wildman–Crippen MR) is 126 cm³/mol. The van der Waals surface area contributed by atoms with Crippen molar-refractivity contribution in [2.75, 3.05) is 4.90 Å². The molecule has 3 aromatic rings. The zero-order chi connectivity index (χ0) is 22.8. The number of rotatable bonds is 6. The van der Waals surface area contributed by atoms with Crippen molar-refractivity contribution in [2.45, 2.75) is 53.5 Å². The van der Waals surface area contributed by atoms with Crippen molar-refractivity contribution in [3.8, 4) is 5.75 Å². The van der Waals surface area contributed by atoms with Crippen molar-refractivity contribution in [3.05, 3.63) is 94.8 Å². The van der Waals surface area contributed by atoms with Gasteiger partial charge in [-0.3, -0.25) is 4.79 Å². The summed E-state index contributed by atoms with van der Waals surface area (Å²) >= 11 is 0. The number of carbonyl (C=O) groups is 1. The normalized spacial score (nSPS) is 10.2. The zero-order valence-electron chi connectivity index (χ0n) is 18.9. The summed E-state index contributed by atoms with van der Waals surface area (Å²) in [6, 6.07) is 20.3. The minimum Gasteiger partial charge on any atom is -0.508 e. The second-order valence-corrected chi connectivity index (χ2v) is 7.59. The first-order valence-corrected chi connectivity index (χ1v) is 10.7. The van der Waals surface area contributed by atoms with Crippen LogP contribution in [0.3, 0.4) is 0 Å². The summed E-state index contributed by atoms with van der Waals surface area (Å²) in [6.45, 7) is 7.69. The van der Waals surface area contributed by atoms with E-state index in [-0.39, 0.29) is 18.2 Å². The van der Waals surface area contributed by atoms with Gasteiger partial charge in [-0.15, -0.1) is 0 Å². The number of anilines is 1. The van der Waals surface area contributed by atoms with E-state index < -0.39 is 5.82 Å². The molecule has 0 heterocycles. The molecule has 164 valence electrons. The Hall–Kier alpha value is -3.14. The summed E-state index contributed by atoms with van der Waals surface area (Å²) < 4.78 is 13.5. The summed E-state index contributed by atoms with van der Waals surface area (Å²) in [7, 11) is 0. The number of halogens is 1. The number of benzene rings is 3. The van der Waals surface area contributed by atoms with Gasteiger partial charge in [0.2, 0.25) is 5.91 Å². The summed E-state index contributed by atoms with van der Waals surface area (Å²) in [6.07, 6.45) is 3.29. The van der Waals surface area contributed by atoms with E-state index in [1.165, 1.54) is 42.4 Å². The molecule has 0 saturated heterocycles. The largest absolute Gasteiger partial charge is 0.508 e. The van der Waals surface area contributed by atoms with E-state index in [4.69, 9.17) is 0 Å². The van der Waals surface area contributed by atoms with Gasteiger partial charge in [-0.05, 0) is 54.7 Å². The maximum Gasteiger partial charge on any atom is 0.224 e.